The number of aryl methyl sites for hydroxylation is 1. The average Bonchev–Trinajstić information content (AvgIpc) is 2.57. The Hall–Kier alpha value is -1.37. The highest BCUT2D eigenvalue weighted by Crippen LogP contribution is 2.25. The number of carbonyl (C=O) groups is 1. The van der Waals surface area contributed by atoms with Gasteiger partial charge >= 0.3 is 11.1 Å². The Morgan fingerprint density at radius 3 is 2.50 bits per heavy atom. The van der Waals surface area contributed by atoms with Gasteiger partial charge in [0.2, 0.25) is 0 Å². The molecule has 0 amide bonds. The van der Waals surface area contributed by atoms with Crippen molar-refractivity contribution < 1.29 is 28.8 Å². The van der Waals surface area contributed by atoms with E-state index in [1.54, 1.807) is 13.8 Å². The molecule has 0 aliphatic carbocycles. The van der Waals surface area contributed by atoms with Crippen molar-refractivity contribution in [3.8, 4) is 0 Å². The highest BCUT2D eigenvalue weighted by molar-refractivity contribution is 7.43. The number of aromatic nitrogens is 1. The van der Waals surface area contributed by atoms with E-state index in [2.05, 4.69) is 9.96 Å². The molecule has 9 nitrogen and oxygen atoms in total. The summed E-state index contributed by atoms with van der Waals surface area (Å²) in [6.45, 7) is 3.71. The van der Waals surface area contributed by atoms with Crippen LogP contribution in [0.2, 0.25) is 0 Å². The van der Waals surface area contributed by atoms with Gasteiger partial charge in [0.25, 0.3) is 7.82 Å². The molecule has 1 rings (SSSR count). The van der Waals surface area contributed by atoms with Crippen LogP contribution in [0, 0.1) is 12.3 Å². The van der Waals surface area contributed by atoms with Gasteiger partial charge in [-0.2, -0.15) is 0 Å². The lowest BCUT2D eigenvalue weighted by molar-refractivity contribution is -0.214. The summed E-state index contributed by atoms with van der Waals surface area (Å²) in [4.78, 5) is 41.3. The summed E-state index contributed by atoms with van der Waals surface area (Å²) in [6.07, 6.45) is 0. The van der Waals surface area contributed by atoms with Gasteiger partial charge in [-0.3, -0.25) is 4.57 Å². The molecule has 0 saturated carbocycles. The molecule has 1 aromatic rings. The second-order valence-corrected chi connectivity index (χ2v) is 4.68. The van der Waals surface area contributed by atoms with E-state index in [4.69, 9.17) is 29.4 Å². The van der Waals surface area contributed by atoms with Crippen LogP contribution < -0.4 is 4.89 Å². The van der Waals surface area contributed by atoms with E-state index in [1.165, 1.54) is 0 Å². The lowest BCUT2D eigenvalue weighted by atomic mass is 10.4. The fourth-order valence-corrected chi connectivity index (χ4v) is 1.55. The second kappa shape index (κ2) is 7.15. The van der Waals surface area contributed by atoms with Gasteiger partial charge in [0.15, 0.2) is 10.6 Å². The third-order valence-corrected chi connectivity index (χ3v) is 2.35. The monoisotopic (exact) mass is 295 g/mol. The number of esters is 1. The molecule has 0 saturated heterocycles. The fraction of sp³-hybridized carbons (Fsp3) is 0.429. The van der Waals surface area contributed by atoms with Crippen molar-refractivity contribution in [3.63, 3.8) is 0 Å². The van der Waals surface area contributed by atoms with Crippen molar-refractivity contribution in [1.82, 2.24) is 4.98 Å². The third kappa shape index (κ3) is 7.05. The Balaban J connectivity index is 0.000000494. The zero-order valence-corrected chi connectivity index (χ0v) is 11.1. The summed E-state index contributed by atoms with van der Waals surface area (Å²) in [6, 6.07) is 0. The van der Waals surface area contributed by atoms with Crippen LogP contribution in [0.5, 0.6) is 0 Å². The first-order valence-electron chi connectivity index (χ1n) is 4.45. The van der Waals surface area contributed by atoms with E-state index in [0.717, 1.165) is 11.3 Å². The molecule has 0 aliphatic rings. The van der Waals surface area contributed by atoms with E-state index < -0.39 is 13.8 Å². The summed E-state index contributed by atoms with van der Waals surface area (Å²) in [5, 5.41) is 8.58. The third-order valence-electron chi connectivity index (χ3n) is 1.33. The molecule has 18 heavy (non-hydrogen) atoms. The summed E-state index contributed by atoms with van der Waals surface area (Å²) < 4.78 is 13.5. The Kier molecular flexibility index (Phi) is 6.61. The van der Waals surface area contributed by atoms with Gasteiger partial charge in [0.05, 0.1) is 12.0 Å². The SMILES string of the molecule is CCOC(=O)c1sc([N+]#N)nc1C.O=P([O-])(O)O. The predicted molar refractivity (Wildman–Crippen MR) is 59.6 cm³/mol. The van der Waals surface area contributed by atoms with Crippen LogP contribution in [-0.2, 0) is 9.30 Å². The first-order chi connectivity index (χ1) is 8.19. The lowest BCUT2D eigenvalue weighted by Gasteiger charge is -2.01. The van der Waals surface area contributed by atoms with E-state index in [-0.39, 0.29) is 5.13 Å². The quantitative estimate of drug-likeness (QED) is 0.456. The molecule has 0 aromatic carbocycles. The second-order valence-electron chi connectivity index (χ2n) is 2.72. The number of diazo groups is 1. The van der Waals surface area contributed by atoms with Crippen molar-refractivity contribution in [2.24, 2.45) is 0 Å². The smallest absolute Gasteiger partial charge is 0.524 e. The number of ether oxygens (including phenoxy) is 1. The standard InChI is InChI=1S/C7H8N3O2S.H3O4P/c1-3-12-6(11)5-4(2)9-7(10-8)13-5;1-5(2,3)4/h3H2,1-2H3;(H3,1,2,3,4)/q+1;/p-1. The fourth-order valence-electron chi connectivity index (χ4n) is 0.811. The van der Waals surface area contributed by atoms with E-state index in [9.17, 15) is 4.79 Å². The van der Waals surface area contributed by atoms with Crippen LogP contribution in [0.4, 0.5) is 5.13 Å². The highest BCUT2D eigenvalue weighted by Gasteiger charge is 2.24. The molecule has 0 fully saturated rings. The minimum atomic E-state index is -4.89. The number of carbonyl (C=O) groups excluding carboxylic acids is 1. The number of phosphoric acid groups is 1. The molecule has 0 radical (unpaired) electrons. The van der Waals surface area contributed by atoms with Crippen LogP contribution in [0.25, 0.3) is 4.98 Å². The van der Waals surface area contributed by atoms with Crippen molar-refractivity contribution in [2.45, 2.75) is 13.8 Å². The Labute approximate surface area is 106 Å². The van der Waals surface area contributed by atoms with Gasteiger partial charge in [-0.25, -0.2) is 4.79 Å². The molecule has 0 unspecified atom stereocenters. The zero-order valence-electron chi connectivity index (χ0n) is 9.43. The summed E-state index contributed by atoms with van der Waals surface area (Å²) >= 11 is 1.01. The molecule has 100 valence electrons. The minimum absolute atomic E-state index is 0.167. The highest BCUT2D eigenvalue weighted by atomic mass is 32.1. The van der Waals surface area contributed by atoms with Gasteiger partial charge in [0.1, 0.15) is 0 Å². The lowest BCUT2D eigenvalue weighted by Crippen LogP contribution is -2.03. The van der Waals surface area contributed by atoms with Crippen LogP contribution in [0.15, 0.2) is 0 Å². The maximum atomic E-state index is 11.2. The van der Waals surface area contributed by atoms with Crippen molar-refractivity contribution >= 4 is 30.3 Å². The van der Waals surface area contributed by atoms with Gasteiger partial charge in [-0.05, 0) is 23.2 Å². The van der Waals surface area contributed by atoms with Crippen molar-refractivity contribution in [2.75, 3.05) is 6.61 Å². The molecular weight excluding hydrogens is 285 g/mol. The van der Waals surface area contributed by atoms with E-state index in [0.29, 0.717) is 17.2 Å². The van der Waals surface area contributed by atoms with E-state index in [1.807, 2.05) is 0 Å². The maximum Gasteiger partial charge on any atom is 0.524 e. The summed E-state index contributed by atoms with van der Waals surface area (Å²) in [5.41, 5.74) is 0.524. The topological polar surface area (TPSA) is 148 Å². The molecular formula is C7H10N3O6PS. The largest absolute Gasteiger partial charge is 0.756 e. The van der Waals surface area contributed by atoms with Gasteiger partial charge in [-0.15, -0.1) is 0 Å². The van der Waals surface area contributed by atoms with Crippen LogP contribution >= 0.6 is 19.2 Å². The molecule has 0 atom stereocenters. The number of thiazole rings is 1. The van der Waals surface area contributed by atoms with E-state index >= 15 is 0 Å². The Bertz CT molecular complexity index is 496. The summed E-state index contributed by atoms with van der Waals surface area (Å²) in [7, 11) is -4.89. The predicted octanol–water partition coefficient (Wildman–Crippen LogP) is 0.552. The van der Waals surface area contributed by atoms with Crippen molar-refractivity contribution in [3.05, 3.63) is 15.5 Å². The van der Waals surface area contributed by atoms with Crippen LogP contribution in [0.3, 0.4) is 0 Å². The van der Waals surface area contributed by atoms with Gasteiger partial charge in [-0.1, -0.05) is 0 Å². The maximum absolute atomic E-state index is 11.2. The Morgan fingerprint density at radius 2 is 2.17 bits per heavy atom. The molecule has 11 heteroatoms. The molecule has 0 spiro atoms. The molecule has 1 heterocycles. The van der Waals surface area contributed by atoms with Crippen LogP contribution in [0.1, 0.15) is 22.3 Å². The first kappa shape index (κ1) is 16.6. The molecule has 0 bridgehead atoms. The summed E-state index contributed by atoms with van der Waals surface area (Å²) in [5.74, 6) is -0.424. The average molecular weight is 295 g/mol. The normalized spacial score (nSPS) is 10.0. The number of nitrogens with zero attached hydrogens (tertiary/aromatic N) is 3. The number of hydrogen-bond donors (Lipinski definition) is 2. The minimum Gasteiger partial charge on any atom is -0.756 e. The van der Waals surface area contributed by atoms with Crippen molar-refractivity contribution in [1.29, 1.82) is 5.39 Å². The first-order valence-corrected chi connectivity index (χ1v) is 6.80. The Morgan fingerprint density at radius 1 is 1.67 bits per heavy atom. The molecule has 2 N–H and O–H groups in total. The van der Waals surface area contributed by atoms with Gasteiger partial charge in [0, 0.05) is 11.9 Å². The number of rotatable bonds is 2. The molecule has 0 aliphatic heterocycles. The zero-order chi connectivity index (χ0) is 14.3. The molecule has 1 aromatic heterocycles. The van der Waals surface area contributed by atoms with Crippen LogP contribution in [-0.4, -0.2) is 27.3 Å². The van der Waals surface area contributed by atoms with Gasteiger partial charge < -0.3 is 19.4 Å². The number of hydrogen-bond acceptors (Lipinski definition) is 7.